The molecule has 0 bridgehead atoms. The molecule has 0 spiro atoms. The highest BCUT2D eigenvalue weighted by molar-refractivity contribution is 5.08. The fraction of sp³-hybridized carbons (Fsp3) is 0.667. The molecule has 0 heteroatoms. The molecule has 68 valence electrons. The third-order valence-corrected chi connectivity index (χ3v) is 2.60. The molecule has 0 aliphatic heterocycles. The van der Waals surface area contributed by atoms with E-state index in [0.29, 0.717) is 0 Å². The zero-order valence-corrected chi connectivity index (χ0v) is 8.56. The molecule has 0 fully saturated rings. The van der Waals surface area contributed by atoms with E-state index in [2.05, 4.69) is 32.9 Å². The van der Waals surface area contributed by atoms with Gasteiger partial charge in [-0.15, -0.1) is 0 Å². The van der Waals surface area contributed by atoms with Gasteiger partial charge >= 0.3 is 0 Å². The zero-order chi connectivity index (χ0) is 8.97. The minimum Gasteiger partial charge on any atom is -0.0856 e. The van der Waals surface area contributed by atoms with Crippen LogP contribution in [-0.4, -0.2) is 0 Å². The number of hydrogen-bond donors (Lipinski definition) is 0. The molecule has 1 rings (SSSR count). The molecular weight excluding hydrogens is 144 g/mol. The van der Waals surface area contributed by atoms with Crippen LogP contribution in [0.5, 0.6) is 0 Å². The Balaban J connectivity index is 2.62. The molecule has 0 radical (unpaired) electrons. The zero-order valence-electron chi connectivity index (χ0n) is 8.56. The van der Waals surface area contributed by atoms with Gasteiger partial charge in [0.1, 0.15) is 0 Å². The fourth-order valence-corrected chi connectivity index (χ4v) is 1.74. The third kappa shape index (κ3) is 3.25. The van der Waals surface area contributed by atoms with Crippen molar-refractivity contribution < 1.29 is 0 Å². The van der Waals surface area contributed by atoms with E-state index in [-0.39, 0.29) is 0 Å². The second kappa shape index (κ2) is 4.49. The lowest BCUT2D eigenvalue weighted by atomic mass is 10.0. The Labute approximate surface area is 76.4 Å². The van der Waals surface area contributed by atoms with Crippen LogP contribution in [0.1, 0.15) is 46.5 Å². The Morgan fingerprint density at radius 1 is 1.17 bits per heavy atom. The molecule has 1 aliphatic rings. The largest absolute Gasteiger partial charge is 0.0856 e. The predicted molar refractivity (Wildman–Crippen MR) is 55.1 cm³/mol. The molecule has 1 unspecified atom stereocenters. The SMILES string of the molecule is C/C1=C/CCC(C)/C=C(/C)CC1. The van der Waals surface area contributed by atoms with Crippen molar-refractivity contribution in [1.82, 2.24) is 0 Å². The van der Waals surface area contributed by atoms with Crippen molar-refractivity contribution in [2.24, 2.45) is 5.92 Å². The van der Waals surface area contributed by atoms with Gasteiger partial charge in [-0.1, -0.05) is 30.2 Å². The van der Waals surface area contributed by atoms with Gasteiger partial charge in [-0.25, -0.2) is 0 Å². The topological polar surface area (TPSA) is 0 Å². The maximum atomic E-state index is 2.44. The van der Waals surface area contributed by atoms with Crippen molar-refractivity contribution in [2.75, 3.05) is 0 Å². The summed E-state index contributed by atoms with van der Waals surface area (Å²) in [6, 6.07) is 0. The van der Waals surface area contributed by atoms with E-state index in [1.54, 1.807) is 11.1 Å². The van der Waals surface area contributed by atoms with Gasteiger partial charge in [-0.3, -0.25) is 0 Å². The summed E-state index contributed by atoms with van der Waals surface area (Å²) in [7, 11) is 0. The van der Waals surface area contributed by atoms with Gasteiger partial charge in [0.2, 0.25) is 0 Å². The first-order valence-corrected chi connectivity index (χ1v) is 5.01. The average Bonchev–Trinajstić information content (AvgIpc) is 2.05. The molecule has 0 heterocycles. The summed E-state index contributed by atoms with van der Waals surface area (Å²) in [5.74, 6) is 0.771. The van der Waals surface area contributed by atoms with E-state index < -0.39 is 0 Å². The van der Waals surface area contributed by atoms with Gasteiger partial charge in [0.25, 0.3) is 0 Å². The Hall–Kier alpha value is -0.520. The molecule has 0 N–H and O–H groups in total. The highest BCUT2D eigenvalue weighted by Crippen LogP contribution is 2.19. The minimum absolute atomic E-state index is 0.771. The van der Waals surface area contributed by atoms with Crippen molar-refractivity contribution in [2.45, 2.75) is 46.5 Å². The van der Waals surface area contributed by atoms with Crippen molar-refractivity contribution in [3.05, 3.63) is 23.3 Å². The molecule has 0 aromatic carbocycles. The molecule has 0 amide bonds. The second-order valence-electron chi connectivity index (χ2n) is 4.12. The van der Waals surface area contributed by atoms with Gasteiger partial charge in [-0.2, -0.15) is 0 Å². The number of rotatable bonds is 0. The molecule has 0 aromatic rings. The molecule has 0 aromatic heterocycles. The quantitative estimate of drug-likeness (QED) is 0.473. The average molecular weight is 164 g/mol. The van der Waals surface area contributed by atoms with E-state index >= 15 is 0 Å². The Morgan fingerprint density at radius 3 is 2.58 bits per heavy atom. The molecule has 0 nitrogen and oxygen atoms in total. The smallest absolute Gasteiger partial charge is 0.0256 e. The lowest BCUT2D eigenvalue weighted by molar-refractivity contribution is 0.653. The molecule has 1 aliphatic carbocycles. The van der Waals surface area contributed by atoms with Crippen molar-refractivity contribution in [1.29, 1.82) is 0 Å². The first-order valence-electron chi connectivity index (χ1n) is 5.01. The second-order valence-corrected chi connectivity index (χ2v) is 4.12. The standard InChI is InChI=1S/C12H20/c1-10-5-4-6-11(2)9-12(3)8-7-10/h5,9,11H,4,6-8H2,1-3H3/b10-5-,12-9-. The maximum absolute atomic E-state index is 2.44. The van der Waals surface area contributed by atoms with Crippen molar-refractivity contribution in [3.8, 4) is 0 Å². The highest BCUT2D eigenvalue weighted by Gasteiger charge is 2.02. The Kier molecular flexibility index (Phi) is 3.58. The van der Waals surface area contributed by atoms with E-state index in [0.717, 1.165) is 5.92 Å². The predicted octanol–water partition coefficient (Wildman–Crippen LogP) is 4.09. The van der Waals surface area contributed by atoms with E-state index in [1.807, 2.05) is 0 Å². The number of hydrogen-bond acceptors (Lipinski definition) is 0. The molecule has 0 saturated heterocycles. The Morgan fingerprint density at radius 2 is 1.83 bits per heavy atom. The van der Waals surface area contributed by atoms with Gasteiger partial charge in [0.05, 0.1) is 0 Å². The summed E-state index contributed by atoms with van der Waals surface area (Å²) < 4.78 is 0. The summed E-state index contributed by atoms with van der Waals surface area (Å²) in [4.78, 5) is 0. The molecular formula is C12H20. The van der Waals surface area contributed by atoms with Crippen molar-refractivity contribution >= 4 is 0 Å². The number of allylic oxidation sites excluding steroid dienone is 4. The first-order chi connectivity index (χ1) is 5.68. The summed E-state index contributed by atoms with van der Waals surface area (Å²) >= 11 is 0. The summed E-state index contributed by atoms with van der Waals surface area (Å²) in [5, 5.41) is 0. The van der Waals surface area contributed by atoms with E-state index in [1.165, 1.54) is 25.7 Å². The molecule has 0 saturated carbocycles. The third-order valence-electron chi connectivity index (χ3n) is 2.60. The van der Waals surface area contributed by atoms with Crippen LogP contribution in [-0.2, 0) is 0 Å². The van der Waals surface area contributed by atoms with Gasteiger partial charge in [0.15, 0.2) is 0 Å². The van der Waals surface area contributed by atoms with Crippen LogP contribution in [0.3, 0.4) is 0 Å². The highest BCUT2D eigenvalue weighted by atomic mass is 14.1. The minimum atomic E-state index is 0.771. The van der Waals surface area contributed by atoms with Crippen LogP contribution in [0, 0.1) is 5.92 Å². The van der Waals surface area contributed by atoms with E-state index in [4.69, 9.17) is 0 Å². The molecule has 12 heavy (non-hydrogen) atoms. The van der Waals surface area contributed by atoms with Gasteiger partial charge < -0.3 is 0 Å². The fourth-order valence-electron chi connectivity index (χ4n) is 1.74. The monoisotopic (exact) mass is 164 g/mol. The van der Waals surface area contributed by atoms with Crippen LogP contribution in [0.25, 0.3) is 0 Å². The summed E-state index contributed by atoms with van der Waals surface area (Å²) in [6.45, 7) is 6.83. The van der Waals surface area contributed by atoms with Gasteiger partial charge in [-0.05, 0) is 45.4 Å². The van der Waals surface area contributed by atoms with Crippen molar-refractivity contribution in [3.63, 3.8) is 0 Å². The lowest BCUT2D eigenvalue weighted by Gasteiger charge is -2.04. The lowest BCUT2D eigenvalue weighted by Crippen LogP contribution is -1.89. The summed E-state index contributed by atoms with van der Waals surface area (Å²) in [5.41, 5.74) is 3.13. The van der Waals surface area contributed by atoms with E-state index in [9.17, 15) is 0 Å². The van der Waals surface area contributed by atoms with Crippen LogP contribution in [0.15, 0.2) is 23.3 Å². The van der Waals surface area contributed by atoms with Gasteiger partial charge in [0, 0.05) is 0 Å². The summed E-state index contributed by atoms with van der Waals surface area (Å²) in [6.07, 6.45) is 9.93. The van der Waals surface area contributed by atoms with Crippen LogP contribution in [0.2, 0.25) is 0 Å². The normalized spacial score (nSPS) is 35.1. The first kappa shape index (κ1) is 9.57. The van der Waals surface area contributed by atoms with Crippen LogP contribution < -0.4 is 0 Å². The maximum Gasteiger partial charge on any atom is -0.0256 e. The van der Waals surface area contributed by atoms with Crippen LogP contribution >= 0.6 is 0 Å². The molecule has 1 atom stereocenters. The van der Waals surface area contributed by atoms with Crippen LogP contribution in [0.4, 0.5) is 0 Å². The Bertz CT molecular complexity index is 196.